The minimum atomic E-state index is -0.707. The van der Waals surface area contributed by atoms with Gasteiger partial charge in [-0.3, -0.25) is 10.1 Å². The molecule has 0 aliphatic rings. The highest BCUT2D eigenvalue weighted by Gasteiger charge is 2.25. The lowest BCUT2D eigenvalue weighted by Gasteiger charge is -2.05. The fourth-order valence-electron chi connectivity index (χ4n) is 3.03. The molecule has 152 valence electrons. The lowest BCUT2D eigenvalue weighted by Crippen LogP contribution is -2.08. The van der Waals surface area contributed by atoms with Gasteiger partial charge in [0.05, 0.1) is 23.1 Å². The first-order valence-corrected chi connectivity index (χ1v) is 8.64. The Morgan fingerprint density at radius 1 is 1.27 bits per heavy atom. The van der Waals surface area contributed by atoms with Crippen LogP contribution in [0.25, 0.3) is 22.6 Å². The second-order valence-corrected chi connectivity index (χ2v) is 6.26. The number of pyridine rings is 1. The second-order valence-electron chi connectivity index (χ2n) is 6.26. The van der Waals surface area contributed by atoms with Crippen LogP contribution in [0.3, 0.4) is 0 Å². The van der Waals surface area contributed by atoms with Gasteiger partial charge in [-0.15, -0.1) is 0 Å². The van der Waals surface area contributed by atoms with Crippen LogP contribution in [-0.4, -0.2) is 36.7 Å². The maximum absolute atomic E-state index is 14.1. The number of nitrogens with zero attached hydrogens (tertiary/aromatic N) is 6. The van der Waals surface area contributed by atoms with Gasteiger partial charge in [-0.05, 0) is 12.1 Å². The van der Waals surface area contributed by atoms with Crippen molar-refractivity contribution in [3.05, 3.63) is 63.8 Å². The molecule has 0 aliphatic heterocycles. The summed E-state index contributed by atoms with van der Waals surface area (Å²) in [5.74, 6) is -1.62. The van der Waals surface area contributed by atoms with E-state index in [1.165, 1.54) is 23.9 Å². The summed E-state index contributed by atoms with van der Waals surface area (Å²) < 4.78 is 29.4. The van der Waals surface area contributed by atoms with Gasteiger partial charge in [0.2, 0.25) is 11.6 Å². The third-order valence-electron chi connectivity index (χ3n) is 4.37. The van der Waals surface area contributed by atoms with Crippen LogP contribution in [0.2, 0.25) is 0 Å². The van der Waals surface area contributed by atoms with Crippen LogP contribution >= 0.6 is 0 Å². The van der Waals surface area contributed by atoms with E-state index in [2.05, 4.69) is 25.4 Å². The minimum Gasteiger partial charge on any atom is -0.378 e. The van der Waals surface area contributed by atoms with Gasteiger partial charge in [-0.2, -0.15) is 5.10 Å². The highest BCUT2D eigenvalue weighted by molar-refractivity contribution is 5.90. The van der Waals surface area contributed by atoms with Gasteiger partial charge in [0.15, 0.2) is 11.5 Å². The molecule has 3 heterocycles. The summed E-state index contributed by atoms with van der Waals surface area (Å²) in [6.07, 6.45) is 1.01. The van der Waals surface area contributed by atoms with Crippen molar-refractivity contribution < 1.29 is 13.7 Å². The average Bonchev–Trinajstić information content (AvgIpc) is 3.06. The van der Waals surface area contributed by atoms with Gasteiger partial charge in [0.25, 0.3) is 0 Å². The zero-order chi connectivity index (χ0) is 21.4. The largest absolute Gasteiger partial charge is 0.378 e. The van der Waals surface area contributed by atoms with E-state index in [-0.39, 0.29) is 40.7 Å². The highest BCUT2D eigenvalue weighted by atomic mass is 19.1. The number of nitrogen functional groups attached to an aromatic ring is 1. The molecule has 0 unspecified atom stereocenters. The summed E-state index contributed by atoms with van der Waals surface area (Å²) >= 11 is 0. The Kier molecular flexibility index (Phi) is 4.66. The molecule has 0 fully saturated rings. The van der Waals surface area contributed by atoms with Crippen molar-refractivity contribution in [2.24, 2.45) is 0 Å². The summed E-state index contributed by atoms with van der Waals surface area (Å²) in [5.41, 5.74) is 5.98. The third-order valence-corrected chi connectivity index (χ3v) is 4.37. The zero-order valence-electron chi connectivity index (χ0n) is 15.5. The molecule has 0 radical (unpaired) electrons. The Morgan fingerprint density at radius 2 is 2.03 bits per heavy atom. The maximum atomic E-state index is 14.1. The number of halogens is 2. The van der Waals surface area contributed by atoms with Crippen LogP contribution in [-0.2, 0) is 6.54 Å². The van der Waals surface area contributed by atoms with Crippen molar-refractivity contribution in [1.29, 1.82) is 0 Å². The van der Waals surface area contributed by atoms with E-state index in [0.717, 1.165) is 6.20 Å². The van der Waals surface area contributed by atoms with E-state index in [1.54, 1.807) is 18.2 Å². The first-order valence-electron chi connectivity index (χ1n) is 8.64. The van der Waals surface area contributed by atoms with Crippen LogP contribution in [0, 0.1) is 21.7 Å². The van der Waals surface area contributed by atoms with Crippen molar-refractivity contribution in [3.8, 4) is 11.5 Å². The topological polar surface area (TPSA) is 138 Å². The maximum Gasteiger partial charge on any atom is 0.353 e. The van der Waals surface area contributed by atoms with Crippen molar-refractivity contribution in [2.75, 3.05) is 18.1 Å². The van der Waals surface area contributed by atoms with E-state index in [9.17, 15) is 18.9 Å². The van der Waals surface area contributed by atoms with Crippen molar-refractivity contribution >= 4 is 28.4 Å². The fourth-order valence-corrected chi connectivity index (χ4v) is 3.03. The molecule has 4 aromatic rings. The summed E-state index contributed by atoms with van der Waals surface area (Å²) in [5, 5.41) is 18.5. The standard InChI is InChI=1S/C18H14F2N8O2/c1-22-17-14(28(29)30)15(21)24-16(25-17)13-11-6-10(19)7-23-18(11)27(26-13)8-9-4-2-3-5-12(9)20/h2-7H,8H2,1H3,(H3,21,22,24,25). The number of nitrogens with two attached hydrogens (primary N) is 1. The van der Waals surface area contributed by atoms with Crippen LogP contribution in [0.15, 0.2) is 36.5 Å². The van der Waals surface area contributed by atoms with Gasteiger partial charge < -0.3 is 11.1 Å². The lowest BCUT2D eigenvalue weighted by molar-refractivity contribution is -0.383. The summed E-state index contributed by atoms with van der Waals surface area (Å²) in [7, 11) is 1.44. The number of anilines is 2. The van der Waals surface area contributed by atoms with E-state index in [0.29, 0.717) is 5.56 Å². The molecule has 30 heavy (non-hydrogen) atoms. The van der Waals surface area contributed by atoms with Gasteiger partial charge in [-0.1, -0.05) is 18.2 Å². The zero-order valence-corrected chi connectivity index (χ0v) is 15.5. The SMILES string of the molecule is CNc1nc(-c2nn(Cc3ccccc3F)c3ncc(F)cc23)nc(N)c1[N+](=O)[O-]. The first-order chi connectivity index (χ1) is 14.4. The predicted octanol–water partition coefficient (Wildman–Crippen LogP) is 2.75. The summed E-state index contributed by atoms with van der Waals surface area (Å²) in [6, 6.07) is 7.33. The number of nitro groups is 1. The van der Waals surface area contributed by atoms with Gasteiger partial charge in [0.1, 0.15) is 17.3 Å². The van der Waals surface area contributed by atoms with Gasteiger partial charge in [0, 0.05) is 12.6 Å². The molecular weight excluding hydrogens is 398 g/mol. The Morgan fingerprint density at radius 3 is 2.73 bits per heavy atom. The molecule has 10 nitrogen and oxygen atoms in total. The molecule has 4 rings (SSSR count). The number of hydrogen-bond donors (Lipinski definition) is 2. The lowest BCUT2D eigenvalue weighted by atomic mass is 10.2. The Bertz CT molecular complexity index is 1290. The van der Waals surface area contributed by atoms with Crippen LogP contribution < -0.4 is 11.1 Å². The molecule has 0 aliphatic carbocycles. The highest BCUT2D eigenvalue weighted by Crippen LogP contribution is 2.32. The molecule has 12 heteroatoms. The molecule has 0 amide bonds. The number of fused-ring (bicyclic) bond motifs is 1. The summed E-state index contributed by atoms with van der Waals surface area (Å²) in [6.45, 7) is 0.0170. The minimum absolute atomic E-state index is 0.0170. The normalized spacial score (nSPS) is 11.0. The number of aromatic nitrogens is 5. The molecular formula is C18H14F2N8O2. The van der Waals surface area contributed by atoms with Crippen LogP contribution in [0.4, 0.5) is 26.1 Å². The average molecular weight is 412 g/mol. The van der Waals surface area contributed by atoms with E-state index < -0.39 is 22.2 Å². The number of nitrogens with one attached hydrogen (secondary N) is 1. The van der Waals surface area contributed by atoms with E-state index in [4.69, 9.17) is 5.73 Å². The Hall–Kier alpha value is -4.22. The van der Waals surface area contributed by atoms with Crippen molar-refractivity contribution in [1.82, 2.24) is 24.7 Å². The van der Waals surface area contributed by atoms with Crippen molar-refractivity contribution in [2.45, 2.75) is 6.54 Å². The molecule has 0 spiro atoms. The van der Waals surface area contributed by atoms with Gasteiger partial charge >= 0.3 is 5.69 Å². The van der Waals surface area contributed by atoms with Crippen LogP contribution in [0.5, 0.6) is 0 Å². The number of rotatable bonds is 5. The van der Waals surface area contributed by atoms with Crippen LogP contribution in [0.1, 0.15) is 5.56 Å². The molecule has 0 atom stereocenters. The molecule has 0 bridgehead atoms. The summed E-state index contributed by atoms with van der Waals surface area (Å²) in [4.78, 5) is 22.7. The monoisotopic (exact) mass is 412 g/mol. The smallest absolute Gasteiger partial charge is 0.353 e. The first kappa shape index (κ1) is 19.1. The fraction of sp³-hybridized carbons (Fsp3) is 0.111. The third kappa shape index (κ3) is 3.23. The number of benzene rings is 1. The van der Waals surface area contributed by atoms with E-state index in [1.807, 2.05) is 0 Å². The molecule has 3 N–H and O–H groups in total. The Labute approximate surface area is 167 Å². The predicted molar refractivity (Wildman–Crippen MR) is 105 cm³/mol. The van der Waals surface area contributed by atoms with Crippen molar-refractivity contribution in [3.63, 3.8) is 0 Å². The molecule has 3 aromatic heterocycles. The van der Waals surface area contributed by atoms with E-state index >= 15 is 0 Å². The van der Waals surface area contributed by atoms with Gasteiger partial charge in [-0.25, -0.2) is 28.4 Å². The molecule has 0 saturated heterocycles. The molecule has 0 saturated carbocycles. The quantitative estimate of drug-likeness (QED) is 0.377. The second kappa shape index (κ2) is 7.31. The number of hydrogen-bond acceptors (Lipinski definition) is 8. The molecule has 1 aromatic carbocycles. The Balaban J connectivity index is 1.92.